The average Bonchev–Trinajstić information content (AvgIpc) is 3.45. The van der Waals surface area contributed by atoms with Crippen LogP contribution in [-0.2, 0) is 37.8 Å². The first-order chi connectivity index (χ1) is 18.6. The van der Waals surface area contributed by atoms with Crippen LogP contribution in [0.4, 0.5) is 0 Å². The first-order valence-electron chi connectivity index (χ1n) is 12.7. The fourth-order valence-corrected chi connectivity index (χ4v) is 7.49. The predicted octanol–water partition coefficient (Wildman–Crippen LogP) is 3.98. The lowest BCUT2D eigenvalue weighted by atomic mass is 10.1. The van der Waals surface area contributed by atoms with Crippen LogP contribution in [0.1, 0.15) is 29.5 Å². The van der Waals surface area contributed by atoms with E-state index in [-0.39, 0.29) is 29.4 Å². The van der Waals surface area contributed by atoms with Crippen LogP contribution in [0.3, 0.4) is 0 Å². The lowest BCUT2D eigenvalue weighted by Crippen LogP contribution is -2.40. The number of sulfonamides is 2. The summed E-state index contributed by atoms with van der Waals surface area (Å²) >= 11 is 5.94. The van der Waals surface area contributed by atoms with Crippen LogP contribution in [0.5, 0.6) is 0 Å². The van der Waals surface area contributed by atoms with Crippen molar-refractivity contribution in [2.24, 2.45) is 0 Å². The van der Waals surface area contributed by atoms with Gasteiger partial charge in [0.2, 0.25) is 26.0 Å². The van der Waals surface area contributed by atoms with Gasteiger partial charge in [0.25, 0.3) is 0 Å². The number of amides is 1. The van der Waals surface area contributed by atoms with Gasteiger partial charge in [-0.05, 0) is 73.7 Å². The average molecular weight is 590 g/mol. The standard InChI is InChI=1S/C28H32ClN3O5S2/c1-22-5-4-6-24(19-22)20-32(39(36,37)27-13-9-25(29)10-14-27)21-28(33)30-16-15-23-7-11-26(12-8-23)38(34,35)31-17-2-3-18-31/h4-14,19H,2-3,15-18,20-21H2,1H3,(H,30,33). The molecule has 1 N–H and O–H groups in total. The van der Waals surface area contributed by atoms with Crippen LogP contribution in [0.2, 0.25) is 5.02 Å². The summed E-state index contributed by atoms with van der Waals surface area (Å²) in [5.74, 6) is -0.437. The Labute approximate surface area is 235 Å². The lowest BCUT2D eigenvalue weighted by molar-refractivity contribution is -0.121. The number of carbonyl (C=O) groups is 1. The number of rotatable bonds is 11. The van der Waals surface area contributed by atoms with Gasteiger partial charge < -0.3 is 5.32 Å². The molecule has 1 heterocycles. The van der Waals surface area contributed by atoms with Crippen molar-refractivity contribution >= 4 is 37.6 Å². The molecule has 0 radical (unpaired) electrons. The Kier molecular flexibility index (Phi) is 9.45. The van der Waals surface area contributed by atoms with E-state index in [4.69, 9.17) is 11.6 Å². The minimum Gasteiger partial charge on any atom is -0.355 e. The van der Waals surface area contributed by atoms with E-state index >= 15 is 0 Å². The Balaban J connectivity index is 1.39. The molecule has 0 spiro atoms. The Bertz CT molecular complexity index is 1500. The summed E-state index contributed by atoms with van der Waals surface area (Å²) in [5.41, 5.74) is 2.62. The minimum absolute atomic E-state index is 0.0347. The summed E-state index contributed by atoms with van der Waals surface area (Å²) in [5, 5.41) is 3.20. The minimum atomic E-state index is -3.97. The predicted molar refractivity (Wildman–Crippen MR) is 151 cm³/mol. The van der Waals surface area contributed by atoms with Gasteiger partial charge in [0.15, 0.2) is 0 Å². The smallest absolute Gasteiger partial charge is 0.243 e. The van der Waals surface area contributed by atoms with E-state index in [0.29, 0.717) is 24.5 Å². The summed E-state index contributed by atoms with van der Waals surface area (Å²) in [6, 6.07) is 20.0. The quantitative estimate of drug-likeness (QED) is 0.364. The number of carbonyl (C=O) groups excluding carboxylic acids is 1. The van der Waals surface area contributed by atoms with Crippen LogP contribution in [-0.4, -0.2) is 57.5 Å². The molecule has 4 rings (SSSR count). The van der Waals surface area contributed by atoms with Crippen LogP contribution >= 0.6 is 11.6 Å². The molecular formula is C28H32ClN3O5S2. The SMILES string of the molecule is Cc1cccc(CN(CC(=O)NCCc2ccc(S(=O)(=O)N3CCCC3)cc2)S(=O)(=O)c2ccc(Cl)cc2)c1. The van der Waals surface area contributed by atoms with Crippen molar-refractivity contribution in [1.29, 1.82) is 0 Å². The summed E-state index contributed by atoms with van der Waals surface area (Å²) in [7, 11) is -7.45. The highest BCUT2D eigenvalue weighted by molar-refractivity contribution is 7.89. The number of aryl methyl sites for hydroxylation is 1. The molecule has 208 valence electrons. The van der Waals surface area contributed by atoms with E-state index in [1.54, 1.807) is 24.3 Å². The van der Waals surface area contributed by atoms with Crippen molar-refractivity contribution in [3.05, 3.63) is 94.5 Å². The monoisotopic (exact) mass is 589 g/mol. The third-order valence-electron chi connectivity index (χ3n) is 6.57. The molecule has 0 aliphatic carbocycles. The molecule has 0 bridgehead atoms. The third kappa shape index (κ3) is 7.46. The van der Waals surface area contributed by atoms with Gasteiger partial charge in [-0.15, -0.1) is 0 Å². The van der Waals surface area contributed by atoms with E-state index in [0.717, 1.165) is 33.8 Å². The number of nitrogens with zero attached hydrogens (tertiary/aromatic N) is 2. The molecule has 11 heteroatoms. The van der Waals surface area contributed by atoms with E-state index < -0.39 is 26.0 Å². The van der Waals surface area contributed by atoms with Gasteiger partial charge >= 0.3 is 0 Å². The number of nitrogens with one attached hydrogen (secondary N) is 1. The first-order valence-corrected chi connectivity index (χ1v) is 16.0. The van der Waals surface area contributed by atoms with Crippen LogP contribution in [0.25, 0.3) is 0 Å². The van der Waals surface area contributed by atoms with Gasteiger partial charge in [0, 0.05) is 31.2 Å². The van der Waals surface area contributed by atoms with Gasteiger partial charge in [-0.3, -0.25) is 4.79 Å². The van der Waals surface area contributed by atoms with Crippen molar-refractivity contribution < 1.29 is 21.6 Å². The molecule has 1 amide bonds. The van der Waals surface area contributed by atoms with E-state index in [1.807, 2.05) is 31.2 Å². The lowest BCUT2D eigenvalue weighted by Gasteiger charge is -2.22. The third-order valence-corrected chi connectivity index (χ3v) is 10.5. The second kappa shape index (κ2) is 12.6. The van der Waals surface area contributed by atoms with Gasteiger partial charge in [-0.2, -0.15) is 8.61 Å². The van der Waals surface area contributed by atoms with E-state index in [1.165, 1.54) is 28.6 Å². The van der Waals surface area contributed by atoms with E-state index in [2.05, 4.69) is 5.32 Å². The maximum atomic E-state index is 13.4. The molecule has 1 saturated heterocycles. The second-order valence-corrected chi connectivity index (χ2v) is 13.9. The highest BCUT2D eigenvalue weighted by atomic mass is 35.5. The van der Waals surface area contributed by atoms with Crippen molar-refractivity contribution in [3.63, 3.8) is 0 Å². The summed E-state index contributed by atoms with van der Waals surface area (Å²) in [6.45, 7) is 2.97. The number of hydrogen-bond acceptors (Lipinski definition) is 5. The summed E-state index contributed by atoms with van der Waals surface area (Å²) in [6.07, 6.45) is 2.22. The zero-order valence-corrected chi connectivity index (χ0v) is 24.1. The number of hydrogen-bond donors (Lipinski definition) is 1. The molecular weight excluding hydrogens is 558 g/mol. The maximum Gasteiger partial charge on any atom is 0.243 e. The molecule has 0 atom stereocenters. The van der Waals surface area contributed by atoms with Crippen molar-refractivity contribution in [2.45, 2.75) is 42.5 Å². The molecule has 1 aliphatic rings. The Morgan fingerprint density at radius 2 is 1.54 bits per heavy atom. The number of halogens is 1. The fraction of sp³-hybridized carbons (Fsp3) is 0.321. The highest BCUT2D eigenvalue weighted by Crippen LogP contribution is 2.22. The van der Waals surface area contributed by atoms with Gasteiger partial charge in [0.05, 0.1) is 16.3 Å². The fourth-order valence-electron chi connectivity index (χ4n) is 4.46. The van der Waals surface area contributed by atoms with Crippen LogP contribution in [0.15, 0.2) is 82.6 Å². The zero-order valence-electron chi connectivity index (χ0n) is 21.7. The Hall–Kier alpha value is -2.76. The van der Waals surface area contributed by atoms with Gasteiger partial charge in [0.1, 0.15) is 0 Å². The molecule has 3 aromatic carbocycles. The maximum absolute atomic E-state index is 13.4. The summed E-state index contributed by atoms with van der Waals surface area (Å²) < 4.78 is 54.9. The van der Waals surface area contributed by atoms with Gasteiger partial charge in [-0.25, -0.2) is 16.8 Å². The molecule has 1 aliphatic heterocycles. The normalized spacial score (nSPS) is 14.5. The topological polar surface area (TPSA) is 104 Å². The van der Waals surface area contributed by atoms with Gasteiger partial charge in [-0.1, -0.05) is 53.6 Å². The largest absolute Gasteiger partial charge is 0.355 e. The summed E-state index contributed by atoms with van der Waals surface area (Å²) in [4.78, 5) is 13.2. The molecule has 1 fully saturated rings. The first kappa shape index (κ1) is 29.2. The van der Waals surface area contributed by atoms with Crippen molar-refractivity contribution in [1.82, 2.24) is 13.9 Å². The second-order valence-electron chi connectivity index (χ2n) is 9.57. The molecule has 3 aromatic rings. The molecule has 0 aromatic heterocycles. The number of benzene rings is 3. The molecule has 8 nitrogen and oxygen atoms in total. The van der Waals surface area contributed by atoms with Crippen molar-refractivity contribution in [3.8, 4) is 0 Å². The molecule has 0 saturated carbocycles. The van der Waals surface area contributed by atoms with Crippen molar-refractivity contribution in [2.75, 3.05) is 26.2 Å². The Morgan fingerprint density at radius 1 is 0.897 bits per heavy atom. The van der Waals surface area contributed by atoms with E-state index in [9.17, 15) is 21.6 Å². The molecule has 39 heavy (non-hydrogen) atoms. The highest BCUT2D eigenvalue weighted by Gasteiger charge is 2.28. The van der Waals surface area contributed by atoms with Crippen LogP contribution < -0.4 is 5.32 Å². The Morgan fingerprint density at radius 3 is 2.18 bits per heavy atom. The van der Waals surface area contributed by atoms with Crippen LogP contribution in [0, 0.1) is 6.92 Å². The zero-order chi connectivity index (χ0) is 28.0. The molecule has 0 unspecified atom stereocenters.